The van der Waals surface area contributed by atoms with E-state index in [4.69, 9.17) is 5.73 Å². The third-order valence-corrected chi connectivity index (χ3v) is 3.28. The molecule has 4 nitrogen and oxygen atoms in total. The number of rotatable bonds is 3. The zero-order chi connectivity index (χ0) is 12.3. The Labute approximate surface area is 102 Å². The fourth-order valence-corrected chi connectivity index (χ4v) is 2.51. The van der Waals surface area contributed by atoms with E-state index in [9.17, 15) is 4.79 Å². The van der Waals surface area contributed by atoms with Gasteiger partial charge in [-0.2, -0.15) is 0 Å². The second-order valence-electron chi connectivity index (χ2n) is 4.77. The molecule has 0 aliphatic carbocycles. The molecule has 2 rings (SSSR count). The normalized spacial score (nSPS) is 21.4. The van der Waals surface area contributed by atoms with Crippen LogP contribution in [0.1, 0.15) is 30.0 Å². The number of carbonyl (C=O) groups excluding carboxylic acids is 1. The monoisotopic (exact) mass is 233 g/mol. The maximum Gasteiger partial charge on any atom is 0.231 e. The third kappa shape index (κ3) is 3.27. The summed E-state index contributed by atoms with van der Waals surface area (Å²) in [6.45, 7) is 4.28. The summed E-state index contributed by atoms with van der Waals surface area (Å²) in [5, 5.41) is 0. The van der Waals surface area contributed by atoms with Crippen molar-refractivity contribution in [2.45, 2.75) is 25.7 Å². The number of amides is 1. The van der Waals surface area contributed by atoms with E-state index in [0.717, 1.165) is 25.2 Å². The lowest BCUT2D eigenvalue weighted by Gasteiger charge is -2.32. The Bertz CT molecular complexity index is 405. The maximum absolute atomic E-state index is 10.9. The Balaban J connectivity index is 2.04. The van der Waals surface area contributed by atoms with E-state index in [1.807, 2.05) is 13.1 Å². The molecule has 0 spiro atoms. The van der Waals surface area contributed by atoms with Crippen molar-refractivity contribution >= 4 is 5.91 Å². The molecule has 92 valence electrons. The molecule has 0 aromatic carbocycles. The topological polar surface area (TPSA) is 59.2 Å². The molecule has 1 amide bonds. The van der Waals surface area contributed by atoms with Crippen molar-refractivity contribution in [1.82, 2.24) is 9.88 Å². The highest BCUT2D eigenvalue weighted by atomic mass is 16.1. The van der Waals surface area contributed by atoms with Gasteiger partial charge in [-0.1, -0.05) is 0 Å². The molecule has 1 aromatic rings. The summed E-state index contributed by atoms with van der Waals surface area (Å²) in [6.07, 6.45) is 4.16. The zero-order valence-electron chi connectivity index (χ0n) is 10.2. The van der Waals surface area contributed by atoms with Crippen molar-refractivity contribution in [3.63, 3.8) is 0 Å². The molecule has 1 atom stereocenters. The number of pyridine rings is 1. The van der Waals surface area contributed by atoms with Gasteiger partial charge in [0.15, 0.2) is 0 Å². The van der Waals surface area contributed by atoms with E-state index < -0.39 is 0 Å². The number of aryl methyl sites for hydroxylation is 1. The molecule has 1 saturated heterocycles. The maximum atomic E-state index is 10.9. The van der Waals surface area contributed by atoms with Gasteiger partial charge in [-0.25, -0.2) is 0 Å². The van der Waals surface area contributed by atoms with Crippen LogP contribution >= 0.6 is 0 Å². The first-order valence-corrected chi connectivity index (χ1v) is 6.08. The molecule has 1 aliphatic rings. The molecule has 2 N–H and O–H groups in total. The van der Waals surface area contributed by atoms with Gasteiger partial charge < -0.3 is 5.73 Å². The van der Waals surface area contributed by atoms with Gasteiger partial charge >= 0.3 is 0 Å². The fraction of sp³-hybridized carbons (Fsp3) is 0.538. The lowest BCUT2D eigenvalue weighted by Crippen LogP contribution is -2.40. The summed E-state index contributed by atoms with van der Waals surface area (Å²) in [6, 6.07) is 4.21. The van der Waals surface area contributed by atoms with Crippen LogP contribution in [0.15, 0.2) is 18.3 Å². The molecular formula is C13H19N3O. The van der Waals surface area contributed by atoms with E-state index >= 15 is 0 Å². The van der Waals surface area contributed by atoms with Crippen LogP contribution in [0.4, 0.5) is 0 Å². The van der Waals surface area contributed by atoms with E-state index in [1.165, 1.54) is 12.0 Å². The molecule has 2 heterocycles. The summed E-state index contributed by atoms with van der Waals surface area (Å²) in [5.74, 6) is 0.265. The Morgan fingerprint density at radius 1 is 1.65 bits per heavy atom. The number of nitrogens with zero attached hydrogens (tertiary/aromatic N) is 2. The highest BCUT2D eigenvalue weighted by Gasteiger charge is 2.22. The van der Waals surface area contributed by atoms with E-state index in [0.29, 0.717) is 12.5 Å². The second-order valence-corrected chi connectivity index (χ2v) is 4.77. The van der Waals surface area contributed by atoms with Gasteiger partial charge in [0.05, 0.1) is 6.54 Å². The van der Waals surface area contributed by atoms with Gasteiger partial charge in [0.25, 0.3) is 0 Å². The van der Waals surface area contributed by atoms with Crippen molar-refractivity contribution in [2.75, 3.05) is 19.6 Å². The largest absolute Gasteiger partial charge is 0.369 e. The summed E-state index contributed by atoms with van der Waals surface area (Å²) < 4.78 is 0. The standard InChI is InChI=1S/C13H19N3O/c1-10-7-11(4-5-15-10)12-3-2-6-16(8-12)9-13(14)17/h4-5,7,12H,2-3,6,8-9H2,1H3,(H2,14,17)/t12-/m0/s1. The highest BCUT2D eigenvalue weighted by Crippen LogP contribution is 2.26. The average molecular weight is 233 g/mol. The Kier molecular flexibility index (Phi) is 3.74. The van der Waals surface area contributed by atoms with Gasteiger partial charge in [-0.05, 0) is 49.9 Å². The van der Waals surface area contributed by atoms with Crippen molar-refractivity contribution < 1.29 is 4.79 Å². The van der Waals surface area contributed by atoms with E-state index in [1.54, 1.807) is 0 Å². The van der Waals surface area contributed by atoms with Crippen molar-refractivity contribution in [2.24, 2.45) is 5.73 Å². The van der Waals surface area contributed by atoms with Crippen LogP contribution in [-0.2, 0) is 4.79 Å². The lowest BCUT2D eigenvalue weighted by atomic mass is 9.91. The van der Waals surface area contributed by atoms with E-state index in [2.05, 4.69) is 22.0 Å². The van der Waals surface area contributed by atoms with Crippen LogP contribution in [0.25, 0.3) is 0 Å². The van der Waals surface area contributed by atoms with Crippen LogP contribution in [0, 0.1) is 6.92 Å². The molecule has 0 radical (unpaired) electrons. The summed E-state index contributed by atoms with van der Waals surface area (Å²) in [4.78, 5) is 17.3. The first-order chi connectivity index (χ1) is 8.15. The third-order valence-electron chi connectivity index (χ3n) is 3.28. The minimum absolute atomic E-state index is 0.239. The number of nitrogens with two attached hydrogens (primary N) is 1. The summed E-state index contributed by atoms with van der Waals surface area (Å²) >= 11 is 0. The van der Waals surface area contributed by atoms with Crippen molar-refractivity contribution in [3.05, 3.63) is 29.6 Å². The number of hydrogen-bond acceptors (Lipinski definition) is 3. The molecule has 17 heavy (non-hydrogen) atoms. The molecule has 1 fully saturated rings. The molecule has 1 aromatic heterocycles. The Morgan fingerprint density at radius 2 is 2.47 bits per heavy atom. The summed E-state index contributed by atoms with van der Waals surface area (Å²) in [7, 11) is 0. The van der Waals surface area contributed by atoms with Crippen molar-refractivity contribution in [1.29, 1.82) is 0 Å². The van der Waals surface area contributed by atoms with Crippen LogP contribution in [0.3, 0.4) is 0 Å². The second kappa shape index (κ2) is 5.27. The molecule has 0 saturated carbocycles. The smallest absolute Gasteiger partial charge is 0.231 e. The van der Waals surface area contributed by atoms with Gasteiger partial charge in [0, 0.05) is 18.4 Å². The molecule has 0 unspecified atom stereocenters. The highest BCUT2D eigenvalue weighted by molar-refractivity contribution is 5.75. The van der Waals surface area contributed by atoms with E-state index in [-0.39, 0.29) is 5.91 Å². The Morgan fingerprint density at radius 3 is 3.18 bits per heavy atom. The molecule has 0 bridgehead atoms. The first-order valence-electron chi connectivity index (χ1n) is 6.08. The average Bonchev–Trinajstić information content (AvgIpc) is 2.28. The lowest BCUT2D eigenvalue weighted by molar-refractivity contribution is -0.119. The van der Waals surface area contributed by atoms with Gasteiger partial charge in [-0.3, -0.25) is 14.7 Å². The minimum Gasteiger partial charge on any atom is -0.369 e. The number of aromatic nitrogens is 1. The quantitative estimate of drug-likeness (QED) is 0.849. The summed E-state index contributed by atoms with van der Waals surface area (Å²) in [5.41, 5.74) is 7.62. The Hall–Kier alpha value is -1.42. The number of carbonyl (C=O) groups is 1. The van der Waals surface area contributed by atoms with Crippen LogP contribution < -0.4 is 5.73 Å². The van der Waals surface area contributed by atoms with Crippen LogP contribution in [0.5, 0.6) is 0 Å². The van der Waals surface area contributed by atoms with Crippen LogP contribution in [0.2, 0.25) is 0 Å². The van der Waals surface area contributed by atoms with Gasteiger partial charge in [0.2, 0.25) is 5.91 Å². The minimum atomic E-state index is -0.239. The SMILES string of the molecule is Cc1cc([C@H]2CCCN(CC(N)=O)C2)ccn1. The van der Waals surface area contributed by atoms with Crippen LogP contribution in [-0.4, -0.2) is 35.4 Å². The number of primary amides is 1. The fourth-order valence-electron chi connectivity index (χ4n) is 2.51. The zero-order valence-corrected chi connectivity index (χ0v) is 10.2. The number of likely N-dealkylation sites (tertiary alicyclic amines) is 1. The molecule has 1 aliphatic heterocycles. The molecule has 4 heteroatoms. The van der Waals surface area contributed by atoms with Gasteiger partial charge in [0.1, 0.15) is 0 Å². The van der Waals surface area contributed by atoms with Gasteiger partial charge in [-0.15, -0.1) is 0 Å². The number of piperidine rings is 1. The predicted molar refractivity (Wildman–Crippen MR) is 66.6 cm³/mol. The molecular weight excluding hydrogens is 214 g/mol. The first kappa shape index (κ1) is 12.0. The predicted octanol–water partition coefficient (Wildman–Crippen LogP) is 1.05. The number of hydrogen-bond donors (Lipinski definition) is 1. The van der Waals surface area contributed by atoms with Crippen molar-refractivity contribution in [3.8, 4) is 0 Å².